The van der Waals surface area contributed by atoms with Crippen LogP contribution in [-0.2, 0) is 11.3 Å². The third-order valence-electron chi connectivity index (χ3n) is 3.71. The van der Waals surface area contributed by atoms with Gasteiger partial charge in [0.2, 0.25) is 5.91 Å². The minimum Gasteiger partial charge on any atom is -0.347 e. The molecule has 0 aliphatic heterocycles. The van der Waals surface area contributed by atoms with E-state index in [0.29, 0.717) is 5.96 Å². The van der Waals surface area contributed by atoms with Gasteiger partial charge in [-0.15, -0.1) is 24.0 Å². The van der Waals surface area contributed by atoms with Gasteiger partial charge in [-0.3, -0.25) is 9.79 Å². The van der Waals surface area contributed by atoms with E-state index in [9.17, 15) is 4.79 Å². The molecule has 6 heteroatoms. The van der Waals surface area contributed by atoms with Crippen molar-refractivity contribution in [3.8, 4) is 0 Å². The van der Waals surface area contributed by atoms with Crippen molar-refractivity contribution in [1.82, 2.24) is 10.2 Å². The monoisotopic (exact) mass is 452 g/mol. The molecule has 0 aromatic heterocycles. The van der Waals surface area contributed by atoms with Crippen LogP contribution < -0.4 is 10.6 Å². The summed E-state index contributed by atoms with van der Waals surface area (Å²) >= 11 is 0. The molecule has 2 rings (SSSR count). The van der Waals surface area contributed by atoms with E-state index in [4.69, 9.17) is 0 Å². The Labute approximate surface area is 166 Å². The van der Waals surface area contributed by atoms with Gasteiger partial charge in [0.1, 0.15) is 0 Å². The van der Waals surface area contributed by atoms with Gasteiger partial charge in [0, 0.05) is 26.3 Å². The Morgan fingerprint density at radius 3 is 2.36 bits per heavy atom. The summed E-state index contributed by atoms with van der Waals surface area (Å²) in [6.45, 7) is 2.99. The standard InChI is InChI=1S/C19H24N4O.HI/c1-15-9-7-8-10-16(15)14-23(3)19(20-2)21-13-18(24)22-17-11-5-4-6-12-17;/h4-12H,13-14H2,1-3H3,(H,20,21)(H,22,24);1H. The van der Waals surface area contributed by atoms with E-state index in [1.165, 1.54) is 11.1 Å². The smallest absolute Gasteiger partial charge is 0.243 e. The predicted octanol–water partition coefficient (Wildman–Crippen LogP) is 3.26. The number of para-hydroxylation sites is 1. The number of hydrogen-bond donors (Lipinski definition) is 2. The zero-order chi connectivity index (χ0) is 17.4. The minimum atomic E-state index is -0.105. The number of nitrogens with one attached hydrogen (secondary N) is 2. The van der Waals surface area contributed by atoms with E-state index in [1.54, 1.807) is 7.05 Å². The van der Waals surface area contributed by atoms with Crippen molar-refractivity contribution in [2.75, 3.05) is 26.0 Å². The van der Waals surface area contributed by atoms with Crippen molar-refractivity contribution in [3.63, 3.8) is 0 Å². The SMILES string of the molecule is CN=C(NCC(=O)Nc1ccccc1)N(C)Cc1ccccc1C.I. The maximum atomic E-state index is 12.0. The number of nitrogens with zero attached hydrogens (tertiary/aromatic N) is 2. The molecule has 0 aliphatic carbocycles. The van der Waals surface area contributed by atoms with Gasteiger partial charge < -0.3 is 15.5 Å². The third-order valence-corrected chi connectivity index (χ3v) is 3.71. The molecule has 5 nitrogen and oxygen atoms in total. The molecule has 0 bridgehead atoms. The van der Waals surface area contributed by atoms with Crippen molar-refractivity contribution in [2.45, 2.75) is 13.5 Å². The highest BCUT2D eigenvalue weighted by molar-refractivity contribution is 14.0. The van der Waals surface area contributed by atoms with E-state index >= 15 is 0 Å². The van der Waals surface area contributed by atoms with E-state index in [0.717, 1.165) is 12.2 Å². The van der Waals surface area contributed by atoms with Gasteiger partial charge in [0.05, 0.1) is 6.54 Å². The maximum Gasteiger partial charge on any atom is 0.243 e. The van der Waals surface area contributed by atoms with E-state index in [-0.39, 0.29) is 36.4 Å². The lowest BCUT2D eigenvalue weighted by Crippen LogP contribution is -2.42. The van der Waals surface area contributed by atoms with Crippen molar-refractivity contribution >= 4 is 41.5 Å². The fourth-order valence-electron chi connectivity index (χ4n) is 2.39. The first-order valence-corrected chi connectivity index (χ1v) is 7.91. The molecular formula is C19H25IN4O. The molecule has 0 aliphatic rings. The number of amides is 1. The zero-order valence-electron chi connectivity index (χ0n) is 14.8. The highest BCUT2D eigenvalue weighted by atomic mass is 127. The van der Waals surface area contributed by atoms with Crippen LogP contribution in [0.15, 0.2) is 59.6 Å². The molecule has 2 aromatic rings. The topological polar surface area (TPSA) is 56.7 Å². The number of hydrogen-bond acceptors (Lipinski definition) is 2. The van der Waals surface area contributed by atoms with Gasteiger partial charge in [0.25, 0.3) is 0 Å². The number of carbonyl (C=O) groups is 1. The summed E-state index contributed by atoms with van der Waals surface area (Å²) in [7, 11) is 3.67. The Morgan fingerprint density at radius 2 is 1.72 bits per heavy atom. The van der Waals surface area contributed by atoms with Crippen LogP contribution in [0, 0.1) is 6.92 Å². The van der Waals surface area contributed by atoms with Gasteiger partial charge in [0.15, 0.2) is 5.96 Å². The average molecular weight is 452 g/mol. The molecule has 2 aromatic carbocycles. The van der Waals surface area contributed by atoms with Gasteiger partial charge >= 0.3 is 0 Å². The molecule has 134 valence electrons. The molecule has 25 heavy (non-hydrogen) atoms. The average Bonchev–Trinajstić information content (AvgIpc) is 2.58. The summed E-state index contributed by atoms with van der Waals surface area (Å²) in [5.74, 6) is 0.577. The summed E-state index contributed by atoms with van der Waals surface area (Å²) in [6.07, 6.45) is 0. The number of rotatable bonds is 5. The first-order valence-electron chi connectivity index (χ1n) is 7.91. The Kier molecular flexibility index (Phi) is 8.98. The van der Waals surface area contributed by atoms with Crippen molar-refractivity contribution in [3.05, 3.63) is 65.7 Å². The van der Waals surface area contributed by atoms with Crippen molar-refractivity contribution < 1.29 is 4.79 Å². The van der Waals surface area contributed by atoms with Gasteiger partial charge in [-0.1, -0.05) is 42.5 Å². The van der Waals surface area contributed by atoms with Crippen LogP contribution in [0.1, 0.15) is 11.1 Å². The highest BCUT2D eigenvalue weighted by Crippen LogP contribution is 2.09. The number of carbonyl (C=O) groups excluding carboxylic acids is 1. The number of anilines is 1. The Hall–Kier alpha value is -2.09. The van der Waals surface area contributed by atoms with Gasteiger partial charge in [-0.2, -0.15) is 0 Å². The summed E-state index contributed by atoms with van der Waals surface area (Å²) in [5, 5.41) is 5.94. The zero-order valence-corrected chi connectivity index (χ0v) is 17.2. The second kappa shape index (κ2) is 10.7. The van der Waals surface area contributed by atoms with E-state index in [1.807, 2.05) is 54.4 Å². The van der Waals surface area contributed by atoms with Crippen LogP contribution in [0.25, 0.3) is 0 Å². The molecular weight excluding hydrogens is 427 g/mol. The van der Waals surface area contributed by atoms with E-state index in [2.05, 4.69) is 34.7 Å². The van der Waals surface area contributed by atoms with Crippen LogP contribution in [-0.4, -0.2) is 37.4 Å². The third kappa shape index (κ3) is 6.74. The molecule has 2 N–H and O–H groups in total. The Balaban J connectivity index is 0.00000312. The normalized spacial score (nSPS) is 10.6. The second-order valence-electron chi connectivity index (χ2n) is 5.60. The molecule has 0 unspecified atom stereocenters. The van der Waals surface area contributed by atoms with Crippen molar-refractivity contribution in [2.24, 2.45) is 4.99 Å². The summed E-state index contributed by atoms with van der Waals surface area (Å²) in [6, 6.07) is 17.6. The number of guanidine groups is 1. The minimum absolute atomic E-state index is 0. The molecule has 0 spiro atoms. The lowest BCUT2D eigenvalue weighted by Gasteiger charge is -2.22. The summed E-state index contributed by atoms with van der Waals surface area (Å²) in [5.41, 5.74) is 3.26. The lowest BCUT2D eigenvalue weighted by molar-refractivity contribution is -0.115. The van der Waals surface area contributed by atoms with Crippen LogP contribution in [0.3, 0.4) is 0 Å². The lowest BCUT2D eigenvalue weighted by atomic mass is 10.1. The number of aryl methyl sites for hydroxylation is 1. The first kappa shape index (κ1) is 21.0. The Bertz CT molecular complexity index is 704. The van der Waals surface area contributed by atoms with Gasteiger partial charge in [-0.05, 0) is 30.2 Å². The number of halogens is 1. The highest BCUT2D eigenvalue weighted by Gasteiger charge is 2.10. The number of aliphatic imine (C=N–C) groups is 1. The van der Waals surface area contributed by atoms with Gasteiger partial charge in [-0.25, -0.2) is 0 Å². The van der Waals surface area contributed by atoms with E-state index < -0.39 is 0 Å². The fourth-order valence-corrected chi connectivity index (χ4v) is 2.39. The van der Waals surface area contributed by atoms with Crippen LogP contribution in [0.4, 0.5) is 5.69 Å². The molecule has 0 saturated heterocycles. The second-order valence-corrected chi connectivity index (χ2v) is 5.60. The molecule has 0 heterocycles. The Morgan fingerprint density at radius 1 is 1.08 bits per heavy atom. The fraction of sp³-hybridized carbons (Fsp3) is 0.263. The quantitative estimate of drug-likeness (QED) is 0.416. The molecule has 1 amide bonds. The predicted molar refractivity (Wildman–Crippen MR) is 114 cm³/mol. The first-order chi connectivity index (χ1) is 11.6. The summed E-state index contributed by atoms with van der Waals surface area (Å²) in [4.78, 5) is 18.3. The molecule has 0 radical (unpaired) electrons. The molecule has 0 saturated carbocycles. The van der Waals surface area contributed by atoms with Crippen LogP contribution in [0.2, 0.25) is 0 Å². The molecule has 0 fully saturated rings. The van der Waals surface area contributed by atoms with Crippen LogP contribution in [0.5, 0.6) is 0 Å². The maximum absolute atomic E-state index is 12.0. The summed E-state index contributed by atoms with van der Waals surface area (Å²) < 4.78 is 0. The number of benzene rings is 2. The largest absolute Gasteiger partial charge is 0.347 e. The molecule has 0 atom stereocenters. The van der Waals surface area contributed by atoms with Crippen LogP contribution >= 0.6 is 24.0 Å². The van der Waals surface area contributed by atoms with Crippen molar-refractivity contribution in [1.29, 1.82) is 0 Å².